The highest BCUT2D eigenvalue weighted by Crippen LogP contribution is 2.69. The van der Waals surface area contributed by atoms with Crippen molar-refractivity contribution in [3.05, 3.63) is 566 Å². The van der Waals surface area contributed by atoms with Gasteiger partial charge in [0, 0.05) is 75.9 Å². The summed E-state index contributed by atoms with van der Waals surface area (Å²) in [6, 6.07) is 195. The Morgan fingerprint density at radius 3 is 1.06 bits per heavy atom. The maximum absolute atomic E-state index is 6.35. The molecule has 22 aromatic carbocycles. The normalized spacial score (nSPS) is 13.1. The van der Waals surface area contributed by atoms with Crippen LogP contribution in [0.5, 0.6) is 0 Å². The van der Waals surface area contributed by atoms with Crippen LogP contribution in [0.2, 0.25) is 0 Å². The average molecular weight is 1800 g/mol. The molecule has 2 spiro atoms. The van der Waals surface area contributed by atoms with E-state index >= 15 is 0 Å². The van der Waals surface area contributed by atoms with Crippen LogP contribution in [0.25, 0.3) is 142 Å². The van der Waals surface area contributed by atoms with Gasteiger partial charge in [-0.05, 0) is 250 Å². The standard InChI is InChI=1S/C134H86N4OS/c1-4-36-88(37-5-1)98-44-10-12-46-101(98)103-48-16-25-63-119(103)135(95-78-72-87(73-79-95)92-76-82-128-109(85-92)105-50-18-31-71-127(105)139-128)125-69-35-62-118-131(125)108-52-15-20-56-112(108)134(118)115-59-23-29-67-123(115)138(124-68-30-24-60-116(124)134)97-43-32-40-91(84-97)93-77-83-129-110(86-93)106-54-33-53-100(132(106)140-129)90-74-80-96(81-75-90)136(120-64-26-17-49-104(120)102-47-13-11-45-99(102)89-38-6-2-7-39-89)126-70-34-61-117-130(126)107-51-14-19-55-111(107)133(117)113-57-21-27-65-121(113)137(94-41-8-3-9-42-94)122-66-28-22-58-114(122)133/h1-86H. The predicted molar refractivity (Wildman–Crippen MR) is 585 cm³/mol. The number of thiophene rings is 1. The van der Waals surface area contributed by atoms with Crippen molar-refractivity contribution in [3.8, 4) is 100 Å². The first-order chi connectivity index (χ1) is 69.5. The number of rotatable bonds is 15. The fourth-order valence-corrected chi connectivity index (χ4v) is 25.3. The van der Waals surface area contributed by atoms with Crippen molar-refractivity contribution in [2.45, 2.75) is 10.8 Å². The van der Waals surface area contributed by atoms with E-state index in [1.54, 1.807) is 0 Å². The van der Waals surface area contributed by atoms with Crippen molar-refractivity contribution < 1.29 is 4.42 Å². The molecule has 0 atom stereocenters. The molecule has 0 saturated heterocycles. The summed E-state index contributed by atoms with van der Waals surface area (Å²) >= 11 is 1.88. The predicted octanol–water partition coefficient (Wildman–Crippen LogP) is 36.9. The zero-order valence-electron chi connectivity index (χ0n) is 76.3. The van der Waals surface area contributed by atoms with Gasteiger partial charge in [-0.15, -0.1) is 11.3 Å². The highest BCUT2D eigenvalue weighted by Gasteiger charge is 2.55. The van der Waals surface area contributed by atoms with Crippen molar-refractivity contribution in [3.63, 3.8) is 0 Å². The third kappa shape index (κ3) is 12.2. The lowest BCUT2D eigenvalue weighted by Gasteiger charge is -2.45. The molecule has 0 saturated carbocycles. The minimum absolute atomic E-state index is 0.667. The largest absolute Gasteiger partial charge is 0.456 e. The zero-order chi connectivity index (χ0) is 92.1. The van der Waals surface area contributed by atoms with Gasteiger partial charge in [0.15, 0.2) is 0 Å². The molecule has 0 radical (unpaired) electrons. The summed E-state index contributed by atoms with van der Waals surface area (Å²) in [5, 5.41) is 4.69. The molecule has 0 amide bonds. The van der Waals surface area contributed by atoms with Crippen LogP contribution in [-0.2, 0) is 10.8 Å². The van der Waals surface area contributed by atoms with Crippen molar-refractivity contribution in [1.82, 2.24) is 0 Å². The topological polar surface area (TPSA) is 26.1 Å². The molecule has 4 aliphatic rings. The minimum Gasteiger partial charge on any atom is -0.456 e. The molecule has 654 valence electrons. The number of anilines is 12. The number of fused-ring (bicyclic) bond motifs is 24. The molecular weight excluding hydrogens is 1710 g/mol. The van der Waals surface area contributed by atoms with Crippen LogP contribution in [0.4, 0.5) is 68.2 Å². The molecule has 0 bridgehead atoms. The molecule has 5 nitrogen and oxygen atoms in total. The van der Waals surface area contributed by atoms with Crippen LogP contribution < -0.4 is 19.6 Å². The van der Waals surface area contributed by atoms with Gasteiger partial charge in [0.05, 0.1) is 56.3 Å². The zero-order valence-corrected chi connectivity index (χ0v) is 77.1. The van der Waals surface area contributed by atoms with Crippen molar-refractivity contribution in [2.24, 2.45) is 0 Å². The van der Waals surface area contributed by atoms with Crippen LogP contribution in [-0.4, -0.2) is 0 Å². The van der Waals surface area contributed by atoms with E-state index in [0.717, 1.165) is 129 Å². The number of furan rings is 1. The lowest BCUT2D eigenvalue weighted by Crippen LogP contribution is -2.36. The summed E-state index contributed by atoms with van der Waals surface area (Å²) in [6.45, 7) is 0. The van der Waals surface area contributed by atoms with Crippen LogP contribution >= 0.6 is 11.3 Å². The molecule has 6 heteroatoms. The minimum atomic E-state index is -0.742. The van der Waals surface area contributed by atoms with E-state index in [9.17, 15) is 0 Å². The maximum atomic E-state index is 6.35. The van der Waals surface area contributed by atoms with E-state index in [0.29, 0.717) is 0 Å². The summed E-state index contributed by atoms with van der Waals surface area (Å²) in [6.07, 6.45) is 0. The van der Waals surface area contributed by atoms with Crippen molar-refractivity contribution >= 4 is 122 Å². The maximum Gasteiger partial charge on any atom is 0.135 e. The first-order valence-electron chi connectivity index (χ1n) is 48.3. The van der Waals surface area contributed by atoms with Gasteiger partial charge in [0.25, 0.3) is 0 Å². The molecular formula is C134H86N4OS. The Kier molecular flexibility index (Phi) is 18.6. The molecule has 140 heavy (non-hydrogen) atoms. The molecule has 4 heterocycles. The molecule has 24 aromatic rings. The lowest BCUT2D eigenvalue weighted by atomic mass is 9.64. The average Bonchev–Trinajstić information content (AvgIpc) is 1.50. The van der Waals surface area contributed by atoms with E-state index < -0.39 is 10.8 Å². The molecule has 2 aliphatic carbocycles. The van der Waals surface area contributed by atoms with Crippen LogP contribution in [0.15, 0.2) is 526 Å². The number of hydrogen-bond donors (Lipinski definition) is 0. The summed E-state index contributed by atoms with van der Waals surface area (Å²) in [5.41, 5.74) is 44.5. The quantitative estimate of drug-likeness (QED) is 0.102. The second-order valence-corrected chi connectivity index (χ2v) is 38.1. The van der Waals surface area contributed by atoms with E-state index in [4.69, 9.17) is 4.42 Å². The second kappa shape index (κ2) is 32.4. The third-order valence-electron chi connectivity index (χ3n) is 29.9. The Morgan fingerprint density at radius 2 is 0.529 bits per heavy atom. The SMILES string of the molecule is c1ccc(-c2ccccc2-c2ccccc2N(c2ccc(-c3cccc4c3sc3ccc(-c5cccc(N6c7ccccc7C7(c8ccccc8-c8c(N(c9ccc(-c%10ccc%11oc%12ccccc%12c%11c%10)cc9)c9ccccc9-c9ccccc9-c9ccccc9)cccc87)c7ccccc76)c5)cc34)cc2)c2cccc3c2-c2ccccc2C32c3ccccc3N(c3ccccc3)c3ccccc32)cc1. The number of hydrogen-bond acceptors (Lipinski definition) is 6. The summed E-state index contributed by atoms with van der Waals surface area (Å²) in [4.78, 5) is 10.1. The first-order valence-corrected chi connectivity index (χ1v) is 49.1. The fraction of sp³-hybridized carbons (Fsp3) is 0.0149. The lowest BCUT2D eigenvalue weighted by molar-refractivity contribution is 0.669. The number of nitrogens with zero attached hydrogens (tertiary/aromatic N) is 4. The Balaban J connectivity index is 0.551. The van der Waals surface area contributed by atoms with Gasteiger partial charge in [-0.25, -0.2) is 0 Å². The molecule has 0 N–H and O–H groups in total. The van der Waals surface area contributed by atoms with Crippen molar-refractivity contribution in [2.75, 3.05) is 19.6 Å². The van der Waals surface area contributed by atoms with E-state index in [2.05, 4.69) is 535 Å². The highest BCUT2D eigenvalue weighted by atomic mass is 32.1. The number of benzene rings is 22. The third-order valence-corrected chi connectivity index (χ3v) is 31.1. The van der Waals surface area contributed by atoms with E-state index in [1.165, 1.54) is 126 Å². The van der Waals surface area contributed by atoms with Gasteiger partial charge < -0.3 is 24.0 Å². The second-order valence-electron chi connectivity index (χ2n) is 37.0. The van der Waals surface area contributed by atoms with Gasteiger partial charge in [-0.2, -0.15) is 0 Å². The van der Waals surface area contributed by atoms with Gasteiger partial charge in [-0.1, -0.05) is 394 Å². The van der Waals surface area contributed by atoms with Gasteiger partial charge >= 0.3 is 0 Å². The van der Waals surface area contributed by atoms with E-state index in [1.807, 2.05) is 17.4 Å². The Labute approximate surface area is 816 Å². The molecule has 28 rings (SSSR count). The summed E-state index contributed by atoms with van der Waals surface area (Å²) in [5.74, 6) is 0. The smallest absolute Gasteiger partial charge is 0.135 e. The summed E-state index contributed by atoms with van der Waals surface area (Å²) in [7, 11) is 0. The molecule has 0 unspecified atom stereocenters. The Morgan fingerprint density at radius 1 is 0.193 bits per heavy atom. The van der Waals surface area contributed by atoms with Gasteiger partial charge in [0.1, 0.15) is 11.2 Å². The monoisotopic (exact) mass is 1800 g/mol. The molecule has 0 fully saturated rings. The van der Waals surface area contributed by atoms with Gasteiger partial charge in [0.2, 0.25) is 0 Å². The van der Waals surface area contributed by atoms with Crippen LogP contribution in [0.1, 0.15) is 44.5 Å². The van der Waals surface area contributed by atoms with Gasteiger partial charge in [-0.3, -0.25) is 0 Å². The summed E-state index contributed by atoms with van der Waals surface area (Å²) < 4.78 is 8.85. The Bertz CT molecular complexity index is 9010. The fourth-order valence-electron chi connectivity index (χ4n) is 24.1. The van der Waals surface area contributed by atoms with E-state index in [-0.39, 0.29) is 0 Å². The molecule has 2 aromatic heterocycles. The van der Waals surface area contributed by atoms with Crippen LogP contribution in [0, 0.1) is 0 Å². The number of para-hydroxylation sites is 8. The van der Waals surface area contributed by atoms with Crippen molar-refractivity contribution in [1.29, 1.82) is 0 Å². The first kappa shape index (κ1) is 80.5. The highest BCUT2D eigenvalue weighted by molar-refractivity contribution is 7.26. The molecule has 2 aliphatic heterocycles. The Hall–Kier alpha value is -17.9. The van der Waals surface area contributed by atoms with Crippen LogP contribution in [0.3, 0.4) is 0 Å².